The van der Waals surface area contributed by atoms with E-state index in [1.165, 1.54) is 10.9 Å². The largest absolute Gasteiger partial charge is 1.00 e. The van der Waals surface area contributed by atoms with E-state index >= 15 is 0 Å². The first-order valence-corrected chi connectivity index (χ1v) is 12.3. The maximum absolute atomic E-state index is 11.6. The second-order valence-corrected chi connectivity index (χ2v) is 10.2. The molecule has 1 aliphatic rings. The van der Waals surface area contributed by atoms with Gasteiger partial charge >= 0.3 is 88.7 Å². The van der Waals surface area contributed by atoms with Gasteiger partial charge in [0.15, 0.2) is 17.7 Å². The molecular weight excluding hydrogens is 560 g/mol. The van der Waals surface area contributed by atoms with E-state index in [1.54, 1.807) is 0 Å². The third-order valence-corrected chi connectivity index (χ3v) is 7.49. The van der Waals surface area contributed by atoms with Gasteiger partial charge in [-0.2, -0.15) is 0 Å². The van der Waals surface area contributed by atoms with Gasteiger partial charge in [0.25, 0.3) is 23.5 Å². The van der Waals surface area contributed by atoms with Crippen LogP contribution in [0, 0.1) is 0 Å². The van der Waals surface area contributed by atoms with Gasteiger partial charge in [-0.15, -0.1) is 0 Å². The minimum absolute atomic E-state index is 0. The number of fused-ring (bicyclic) bond motifs is 1. The number of aromatic nitrogens is 4. The Morgan fingerprint density at radius 2 is 1.65 bits per heavy atom. The first-order chi connectivity index (χ1) is 14.2. The Morgan fingerprint density at radius 3 is 2.24 bits per heavy atom. The smallest absolute Gasteiger partial charge is 0.756 e. The number of nitrogen functional groups attached to an aromatic ring is 1. The fraction of sp³-hybridized carbons (Fsp3) is 0.500. The molecule has 3 heterocycles. The van der Waals surface area contributed by atoms with Gasteiger partial charge in [0.2, 0.25) is 0 Å². The third-order valence-electron chi connectivity index (χ3n) is 3.80. The first-order valence-electron chi connectivity index (χ1n) is 7.87. The average Bonchev–Trinajstić information content (AvgIpc) is 3.13. The molecule has 34 heavy (non-hydrogen) atoms. The molecule has 2 aromatic heterocycles. The molecule has 0 aliphatic carbocycles. The molecule has 2 aromatic rings. The van der Waals surface area contributed by atoms with Crippen molar-refractivity contribution < 1.29 is 150 Å². The topological polar surface area (TPSA) is 288 Å². The summed E-state index contributed by atoms with van der Waals surface area (Å²) in [4.78, 5) is 53.1. The minimum Gasteiger partial charge on any atom is -0.756 e. The van der Waals surface area contributed by atoms with Crippen molar-refractivity contribution >= 4 is 40.4 Å². The third kappa shape index (κ3) is 9.13. The molecule has 18 nitrogen and oxygen atoms in total. The van der Waals surface area contributed by atoms with Gasteiger partial charge in [-0.1, -0.05) is 0 Å². The predicted octanol–water partition coefficient (Wildman–Crippen LogP) is -12.5. The van der Waals surface area contributed by atoms with Crippen LogP contribution in [0.5, 0.6) is 0 Å². The molecule has 1 saturated heterocycles. The van der Waals surface area contributed by atoms with Crippen LogP contribution in [0.15, 0.2) is 12.7 Å². The summed E-state index contributed by atoms with van der Waals surface area (Å²) in [5.74, 6) is 0.0240. The number of anilines is 1. The van der Waals surface area contributed by atoms with Crippen LogP contribution in [0.2, 0.25) is 0 Å². The van der Waals surface area contributed by atoms with Crippen molar-refractivity contribution in [3.05, 3.63) is 12.7 Å². The summed E-state index contributed by atoms with van der Waals surface area (Å²) in [5, 5.41) is 20.3. The van der Waals surface area contributed by atoms with Crippen molar-refractivity contribution in [2.75, 3.05) is 12.3 Å². The van der Waals surface area contributed by atoms with Crippen LogP contribution < -0.4 is 109 Å². The van der Waals surface area contributed by atoms with Crippen LogP contribution in [-0.2, 0) is 31.6 Å². The second-order valence-electron chi connectivity index (χ2n) is 5.95. The summed E-state index contributed by atoms with van der Waals surface area (Å²) >= 11 is 0. The predicted molar refractivity (Wildman–Crippen MR) is 88.8 cm³/mol. The van der Waals surface area contributed by atoms with Crippen LogP contribution in [0.1, 0.15) is 6.23 Å². The number of hydrogen-bond acceptors (Lipinski definition) is 16. The fourth-order valence-corrected chi connectivity index (χ4v) is 5.50. The van der Waals surface area contributed by atoms with E-state index in [4.69, 9.17) is 15.4 Å². The number of ether oxygens (including phenoxy) is 1. The Kier molecular flexibility index (Phi) is 14.3. The van der Waals surface area contributed by atoms with E-state index in [2.05, 4.69) is 28.1 Å². The molecule has 0 radical (unpaired) electrons. The molecule has 1 fully saturated rings. The standard InChI is InChI=1S/C10H16N5O13P3.3Na/c11-8-5-9(13-2-12-8)15(3-14-5)10-7(17)6(16)4(26-10)1-25-30(21,22)28-31(23,24)27-29(18,19)20;;;/h2-4,6-7,10,16-17H,1H2,(H,21,22)(H,23,24)(H2,11,12,13)(H2,18,19,20);;;/q;3*+1/p-3. The molecule has 5 N–H and O–H groups in total. The molecule has 0 saturated carbocycles. The number of nitrogens with zero attached hydrogens (tertiary/aromatic N) is 4. The van der Waals surface area contributed by atoms with E-state index < -0.39 is 54.6 Å². The van der Waals surface area contributed by atoms with Crippen LogP contribution in [0.25, 0.3) is 11.2 Å². The maximum Gasteiger partial charge on any atom is 1.00 e. The van der Waals surface area contributed by atoms with Crippen molar-refractivity contribution in [3.63, 3.8) is 0 Å². The Morgan fingerprint density at radius 1 is 1.03 bits per heavy atom. The molecule has 24 heteroatoms. The maximum atomic E-state index is 11.6. The van der Waals surface area contributed by atoms with Crippen molar-refractivity contribution in [1.82, 2.24) is 19.5 Å². The monoisotopic (exact) mass is 573 g/mol. The average molecular weight is 573 g/mol. The fourth-order valence-electron chi connectivity index (χ4n) is 2.61. The molecule has 0 bridgehead atoms. The Balaban J connectivity index is 0.00000363. The zero-order chi connectivity index (χ0) is 23.2. The molecule has 0 amide bonds. The zero-order valence-electron chi connectivity index (χ0n) is 17.8. The summed E-state index contributed by atoms with van der Waals surface area (Å²) in [6.45, 7) is -1.06. The van der Waals surface area contributed by atoms with E-state index in [1.807, 2.05) is 0 Å². The molecule has 174 valence electrons. The van der Waals surface area contributed by atoms with Crippen LogP contribution in [-0.4, -0.2) is 59.5 Å². The number of aliphatic hydroxyl groups is 2. The van der Waals surface area contributed by atoms with E-state index in [-0.39, 0.29) is 106 Å². The van der Waals surface area contributed by atoms with Crippen LogP contribution >= 0.6 is 23.5 Å². The molecule has 0 aromatic carbocycles. The van der Waals surface area contributed by atoms with Gasteiger partial charge in [-0.25, -0.2) is 23.6 Å². The number of imidazole rings is 1. The Hall–Kier alpha value is 1.64. The van der Waals surface area contributed by atoms with Gasteiger partial charge < -0.3 is 44.8 Å². The van der Waals surface area contributed by atoms with Crippen molar-refractivity contribution in [2.24, 2.45) is 0 Å². The summed E-state index contributed by atoms with van der Waals surface area (Å²) in [7, 11) is -17.7. The van der Waals surface area contributed by atoms with Gasteiger partial charge in [-0.05, 0) is 0 Å². The quantitative estimate of drug-likeness (QED) is 0.168. The number of nitrogens with two attached hydrogens (primary N) is 1. The van der Waals surface area contributed by atoms with E-state index in [9.17, 15) is 38.6 Å². The summed E-state index contributed by atoms with van der Waals surface area (Å²) in [5.41, 5.74) is 5.94. The molecule has 7 atom stereocenters. The Bertz CT molecular complexity index is 1120. The van der Waals surface area contributed by atoms with Crippen molar-refractivity contribution in [2.45, 2.75) is 24.5 Å². The minimum atomic E-state index is -6.08. The van der Waals surface area contributed by atoms with Gasteiger partial charge in [0.05, 0.1) is 12.9 Å². The van der Waals surface area contributed by atoms with Gasteiger partial charge in [0.1, 0.15) is 30.2 Å². The number of phosphoric acid groups is 3. The SMILES string of the molecule is Nc1ncnc2c1ncn2C1OC(COP(=O)([O-])OP(=O)([O-])OP(=O)([O-])O)C(O)C1O.[Na+].[Na+].[Na+]. The molecular formula is C10H13N5Na3O13P3. The Labute approximate surface area is 256 Å². The number of aliphatic hydroxyl groups excluding tert-OH is 2. The summed E-state index contributed by atoms with van der Waals surface area (Å²) in [6, 6.07) is 0. The van der Waals surface area contributed by atoms with Gasteiger partial charge in [0, 0.05) is 0 Å². The van der Waals surface area contributed by atoms with E-state index in [0.29, 0.717) is 0 Å². The first kappa shape index (κ1) is 35.6. The molecule has 3 rings (SSSR count). The van der Waals surface area contributed by atoms with Crippen molar-refractivity contribution in [1.29, 1.82) is 0 Å². The second kappa shape index (κ2) is 13.6. The van der Waals surface area contributed by atoms with Gasteiger partial charge in [-0.3, -0.25) is 18.3 Å². The summed E-state index contributed by atoms with van der Waals surface area (Å²) < 4.78 is 50.6. The molecule has 1 aliphatic heterocycles. The number of rotatable bonds is 8. The normalized spacial score (nSPS) is 27.4. The van der Waals surface area contributed by atoms with Crippen LogP contribution in [0.3, 0.4) is 0 Å². The zero-order valence-corrected chi connectivity index (χ0v) is 26.5. The van der Waals surface area contributed by atoms with E-state index in [0.717, 1.165) is 6.33 Å². The number of phosphoric ester groups is 1. The molecule has 0 spiro atoms. The number of hydrogen-bond donors (Lipinski definition) is 4. The summed E-state index contributed by atoms with van der Waals surface area (Å²) in [6.07, 6.45) is -3.94. The van der Waals surface area contributed by atoms with Crippen LogP contribution in [0.4, 0.5) is 5.82 Å². The van der Waals surface area contributed by atoms with Crippen molar-refractivity contribution in [3.8, 4) is 0 Å². The molecule has 7 unspecified atom stereocenters.